The van der Waals surface area contributed by atoms with E-state index in [4.69, 9.17) is 0 Å². The minimum Gasteiger partial charge on any atom is -0.341 e. The van der Waals surface area contributed by atoms with E-state index in [1.807, 2.05) is 0 Å². The molecule has 8 nitrogen and oxygen atoms in total. The lowest BCUT2D eigenvalue weighted by atomic mass is 10.1. The second kappa shape index (κ2) is 7.14. The van der Waals surface area contributed by atoms with Gasteiger partial charge in [-0.15, -0.1) is 0 Å². The van der Waals surface area contributed by atoms with Crippen molar-refractivity contribution in [3.8, 4) is 0 Å². The molecule has 0 bridgehead atoms. The van der Waals surface area contributed by atoms with Crippen LogP contribution in [0.3, 0.4) is 0 Å². The summed E-state index contributed by atoms with van der Waals surface area (Å²) in [4.78, 5) is 48.6. The molecular weight excluding hydrogens is 346 g/mol. The fraction of sp³-hybridized carbons (Fsp3) is 0.316. The molecule has 3 heterocycles. The Balaban J connectivity index is 1.38. The maximum atomic E-state index is 12.3. The molecule has 27 heavy (non-hydrogen) atoms. The normalized spacial score (nSPS) is 16.4. The van der Waals surface area contributed by atoms with Gasteiger partial charge >= 0.3 is 0 Å². The number of benzene rings is 1. The Labute approximate surface area is 156 Å². The van der Waals surface area contributed by atoms with Gasteiger partial charge in [0.1, 0.15) is 6.54 Å². The van der Waals surface area contributed by atoms with Crippen molar-refractivity contribution in [3.05, 3.63) is 47.8 Å². The van der Waals surface area contributed by atoms with Crippen LogP contribution < -0.4 is 10.2 Å². The van der Waals surface area contributed by atoms with Crippen molar-refractivity contribution in [3.63, 3.8) is 0 Å². The number of nitrogens with zero attached hydrogens (tertiary/aromatic N) is 4. The molecule has 0 radical (unpaired) electrons. The molecule has 1 aromatic carbocycles. The smallest absolute Gasteiger partial charge is 0.262 e. The third kappa shape index (κ3) is 3.38. The molecule has 2 aromatic rings. The second-order valence-corrected chi connectivity index (χ2v) is 6.61. The van der Waals surface area contributed by atoms with E-state index in [1.165, 1.54) is 18.8 Å². The van der Waals surface area contributed by atoms with Crippen LogP contribution in [0.25, 0.3) is 0 Å². The molecule has 138 valence electrons. The molecule has 0 unspecified atom stereocenters. The van der Waals surface area contributed by atoms with Crippen molar-refractivity contribution in [1.82, 2.24) is 14.9 Å². The van der Waals surface area contributed by atoms with Gasteiger partial charge in [-0.25, -0.2) is 9.97 Å². The Morgan fingerprint density at radius 2 is 1.56 bits per heavy atom. The Kier molecular flexibility index (Phi) is 4.53. The van der Waals surface area contributed by atoms with Gasteiger partial charge in [0, 0.05) is 13.1 Å². The molecule has 1 fully saturated rings. The summed E-state index contributed by atoms with van der Waals surface area (Å²) in [5.74, 6) is -0.739. The summed E-state index contributed by atoms with van der Waals surface area (Å²) in [6, 6.07) is 6.55. The molecule has 2 aliphatic heterocycles. The lowest BCUT2D eigenvalue weighted by Gasteiger charge is -2.26. The number of rotatable bonds is 4. The fourth-order valence-electron chi connectivity index (χ4n) is 3.37. The van der Waals surface area contributed by atoms with Crippen LogP contribution in [0.15, 0.2) is 36.7 Å². The Hall–Kier alpha value is -3.29. The zero-order valence-electron chi connectivity index (χ0n) is 14.7. The zero-order valence-corrected chi connectivity index (χ0v) is 14.7. The van der Waals surface area contributed by atoms with Gasteiger partial charge in [-0.05, 0) is 31.4 Å². The molecule has 0 aliphatic carbocycles. The molecule has 1 N–H and O–H groups in total. The van der Waals surface area contributed by atoms with Crippen molar-refractivity contribution in [2.45, 2.75) is 19.3 Å². The van der Waals surface area contributed by atoms with Gasteiger partial charge in [-0.2, -0.15) is 0 Å². The lowest BCUT2D eigenvalue weighted by molar-refractivity contribution is -0.116. The van der Waals surface area contributed by atoms with Crippen LogP contribution in [0.4, 0.5) is 11.6 Å². The van der Waals surface area contributed by atoms with Gasteiger partial charge < -0.3 is 10.2 Å². The number of nitrogens with one attached hydrogen (secondary N) is 1. The summed E-state index contributed by atoms with van der Waals surface area (Å²) in [6.45, 7) is 1.52. The summed E-state index contributed by atoms with van der Waals surface area (Å²) in [5, 5.41) is 2.64. The molecule has 3 amide bonds. The van der Waals surface area contributed by atoms with E-state index < -0.39 is 17.7 Å². The second-order valence-electron chi connectivity index (χ2n) is 6.61. The Morgan fingerprint density at radius 1 is 0.963 bits per heavy atom. The van der Waals surface area contributed by atoms with E-state index in [0.29, 0.717) is 22.8 Å². The zero-order chi connectivity index (χ0) is 18.8. The van der Waals surface area contributed by atoms with Gasteiger partial charge in [-0.3, -0.25) is 19.3 Å². The highest BCUT2D eigenvalue weighted by Gasteiger charge is 2.36. The highest BCUT2D eigenvalue weighted by atomic mass is 16.2. The highest BCUT2D eigenvalue weighted by molar-refractivity contribution is 6.22. The number of anilines is 2. The van der Waals surface area contributed by atoms with Gasteiger partial charge in [0.25, 0.3) is 11.8 Å². The maximum Gasteiger partial charge on any atom is 0.262 e. The summed E-state index contributed by atoms with van der Waals surface area (Å²) >= 11 is 0. The van der Waals surface area contributed by atoms with Crippen molar-refractivity contribution in [1.29, 1.82) is 0 Å². The van der Waals surface area contributed by atoms with Crippen molar-refractivity contribution in [2.75, 3.05) is 29.9 Å². The van der Waals surface area contributed by atoms with Crippen LogP contribution in [0.2, 0.25) is 0 Å². The number of amides is 3. The first-order chi connectivity index (χ1) is 13.1. The number of fused-ring (bicyclic) bond motifs is 1. The van der Waals surface area contributed by atoms with Crippen LogP contribution in [0.5, 0.6) is 0 Å². The number of hydrogen-bond donors (Lipinski definition) is 1. The summed E-state index contributed by atoms with van der Waals surface area (Å²) < 4.78 is 0. The number of carbonyl (C=O) groups is 3. The maximum absolute atomic E-state index is 12.3. The first kappa shape index (κ1) is 17.1. The quantitative estimate of drug-likeness (QED) is 0.829. The Bertz CT molecular complexity index is 855. The average molecular weight is 365 g/mol. The molecule has 0 spiro atoms. The lowest BCUT2D eigenvalue weighted by Crippen LogP contribution is -2.37. The van der Waals surface area contributed by atoms with E-state index >= 15 is 0 Å². The largest absolute Gasteiger partial charge is 0.341 e. The molecule has 2 aliphatic rings. The van der Waals surface area contributed by atoms with Crippen LogP contribution in [-0.4, -0.2) is 52.2 Å². The number of hydrogen-bond acceptors (Lipinski definition) is 6. The monoisotopic (exact) mass is 365 g/mol. The van der Waals surface area contributed by atoms with Crippen molar-refractivity contribution in [2.24, 2.45) is 0 Å². The van der Waals surface area contributed by atoms with Gasteiger partial charge in [-0.1, -0.05) is 12.1 Å². The topological polar surface area (TPSA) is 95.5 Å². The summed E-state index contributed by atoms with van der Waals surface area (Å²) in [5.41, 5.74) is 1.08. The van der Waals surface area contributed by atoms with Gasteiger partial charge in [0.2, 0.25) is 11.9 Å². The fourth-order valence-corrected chi connectivity index (χ4v) is 3.37. The predicted molar refractivity (Wildman–Crippen MR) is 98.5 cm³/mol. The van der Waals surface area contributed by atoms with Gasteiger partial charge in [0.15, 0.2) is 0 Å². The summed E-state index contributed by atoms with van der Waals surface area (Å²) in [6.07, 6.45) is 6.56. The van der Waals surface area contributed by atoms with Crippen LogP contribution >= 0.6 is 0 Å². The first-order valence-electron chi connectivity index (χ1n) is 8.95. The standard InChI is InChI=1S/C19H19N5O3/c25-16(12-24-17(26)14-6-2-3-7-15(14)18(24)27)22-13-10-20-19(21-11-13)23-8-4-1-5-9-23/h2-3,6-7,10-11H,1,4-5,8-9,12H2,(H,22,25). The number of carbonyl (C=O) groups excluding carboxylic acids is 3. The molecule has 8 heteroatoms. The molecule has 0 atom stereocenters. The minimum atomic E-state index is -0.473. The Morgan fingerprint density at radius 3 is 2.15 bits per heavy atom. The molecule has 4 rings (SSSR count). The highest BCUT2D eigenvalue weighted by Crippen LogP contribution is 2.22. The third-order valence-corrected chi connectivity index (χ3v) is 4.74. The first-order valence-corrected chi connectivity index (χ1v) is 8.95. The van der Waals surface area contributed by atoms with Crippen LogP contribution in [0.1, 0.15) is 40.0 Å². The van der Waals surface area contributed by atoms with Crippen LogP contribution in [0, 0.1) is 0 Å². The molecule has 1 saturated heterocycles. The van der Waals surface area contributed by atoms with E-state index in [1.54, 1.807) is 24.3 Å². The van der Waals surface area contributed by atoms with E-state index in [-0.39, 0.29) is 6.54 Å². The summed E-state index contributed by atoms with van der Waals surface area (Å²) in [7, 11) is 0. The minimum absolute atomic E-state index is 0.324. The van der Waals surface area contributed by atoms with E-state index in [2.05, 4.69) is 20.2 Å². The van der Waals surface area contributed by atoms with Crippen LogP contribution in [-0.2, 0) is 4.79 Å². The SMILES string of the molecule is O=C(CN1C(=O)c2ccccc2C1=O)Nc1cnc(N2CCCCC2)nc1. The predicted octanol–water partition coefficient (Wildman–Crippen LogP) is 1.70. The molecule has 0 saturated carbocycles. The number of piperidine rings is 1. The number of aromatic nitrogens is 2. The van der Waals surface area contributed by atoms with Gasteiger partial charge in [0.05, 0.1) is 29.2 Å². The van der Waals surface area contributed by atoms with E-state index in [0.717, 1.165) is 30.8 Å². The van der Waals surface area contributed by atoms with Crippen molar-refractivity contribution >= 4 is 29.4 Å². The van der Waals surface area contributed by atoms with Crippen molar-refractivity contribution < 1.29 is 14.4 Å². The molecule has 1 aromatic heterocycles. The van der Waals surface area contributed by atoms with E-state index in [9.17, 15) is 14.4 Å². The average Bonchev–Trinajstić information content (AvgIpc) is 2.94. The number of imide groups is 1. The third-order valence-electron chi connectivity index (χ3n) is 4.74. The molecular formula is C19H19N5O3.